The zero-order valence-electron chi connectivity index (χ0n) is 13.9. The summed E-state index contributed by atoms with van der Waals surface area (Å²) >= 11 is 0. The highest BCUT2D eigenvalue weighted by Gasteiger charge is 2.35. The summed E-state index contributed by atoms with van der Waals surface area (Å²) in [5, 5.41) is 14.5. The average Bonchev–Trinajstić information content (AvgIpc) is 3.04. The summed E-state index contributed by atoms with van der Waals surface area (Å²) in [5.74, 6) is 1.66. The van der Waals surface area contributed by atoms with Crippen molar-refractivity contribution in [1.82, 2.24) is 19.7 Å². The summed E-state index contributed by atoms with van der Waals surface area (Å²) in [6.45, 7) is 1.16. The summed E-state index contributed by atoms with van der Waals surface area (Å²) in [6, 6.07) is 0. The van der Waals surface area contributed by atoms with Crippen LogP contribution in [0.25, 0.3) is 0 Å². The molecule has 1 fully saturated rings. The lowest BCUT2D eigenvalue weighted by Crippen LogP contribution is -2.30. The summed E-state index contributed by atoms with van der Waals surface area (Å²) in [6.07, 6.45) is 9.98. The number of ether oxygens (including phenoxy) is 1. The Labute approximate surface area is 141 Å². The van der Waals surface area contributed by atoms with Crippen LogP contribution in [0, 0.1) is 0 Å². The predicted molar refractivity (Wildman–Crippen MR) is 89.1 cm³/mol. The van der Waals surface area contributed by atoms with Gasteiger partial charge in [0.2, 0.25) is 0 Å². The highest BCUT2D eigenvalue weighted by Crippen LogP contribution is 2.29. The number of anilines is 1. The Morgan fingerprint density at radius 2 is 2.04 bits per heavy atom. The third-order valence-corrected chi connectivity index (χ3v) is 4.86. The van der Waals surface area contributed by atoms with Crippen molar-refractivity contribution in [1.29, 1.82) is 0 Å². The maximum atomic E-state index is 10.4. The van der Waals surface area contributed by atoms with Crippen molar-refractivity contribution < 1.29 is 9.84 Å². The molecular formula is C17H23N5O2. The van der Waals surface area contributed by atoms with Crippen molar-refractivity contribution in [3.63, 3.8) is 0 Å². The fraction of sp³-hybridized carbons (Fsp3) is 0.588. The van der Waals surface area contributed by atoms with Crippen molar-refractivity contribution in [3.05, 3.63) is 30.0 Å². The number of hydrogen-bond donors (Lipinski definition) is 1. The minimum atomic E-state index is -0.540. The first-order chi connectivity index (χ1) is 11.7. The molecule has 0 spiro atoms. The Bertz CT molecular complexity index is 717. The Kier molecular flexibility index (Phi) is 4.10. The maximum absolute atomic E-state index is 10.4. The minimum Gasteiger partial charge on any atom is -0.482 e. The van der Waals surface area contributed by atoms with E-state index in [2.05, 4.69) is 20.0 Å². The van der Waals surface area contributed by atoms with Crippen LogP contribution in [-0.2, 0) is 19.9 Å². The van der Waals surface area contributed by atoms with Crippen LogP contribution in [0.5, 0.6) is 5.75 Å². The van der Waals surface area contributed by atoms with Crippen molar-refractivity contribution in [2.45, 2.75) is 44.3 Å². The molecular weight excluding hydrogens is 306 g/mol. The van der Waals surface area contributed by atoms with E-state index in [0.29, 0.717) is 18.8 Å². The van der Waals surface area contributed by atoms with Gasteiger partial charge in [-0.05, 0) is 25.7 Å². The quantitative estimate of drug-likeness (QED) is 0.850. The second kappa shape index (κ2) is 6.39. The number of hydrogen-bond acceptors (Lipinski definition) is 6. The van der Waals surface area contributed by atoms with E-state index in [1.54, 1.807) is 17.2 Å². The number of aryl methyl sites for hydroxylation is 2. The summed E-state index contributed by atoms with van der Waals surface area (Å²) in [5.41, 5.74) is 2.42. The van der Waals surface area contributed by atoms with Crippen LogP contribution in [0.2, 0.25) is 0 Å². The Hall–Kier alpha value is -2.15. The van der Waals surface area contributed by atoms with E-state index in [0.717, 1.165) is 18.7 Å². The fourth-order valence-electron chi connectivity index (χ4n) is 3.63. The highest BCUT2D eigenvalue weighted by molar-refractivity contribution is 5.50. The molecule has 3 heterocycles. The third-order valence-electron chi connectivity index (χ3n) is 4.86. The molecule has 128 valence electrons. The van der Waals surface area contributed by atoms with E-state index in [4.69, 9.17) is 4.74 Å². The molecule has 1 aliphatic carbocycles. The molecule has 7 heteroatoms. The molecule has 0 aromatic carbocycles. The molecule has 0 bridgehead atoms. The number of fused-ring (bicyclic) bond motifs is 1. The lowest BCUT2D eigenvalue weighted by atomic mass is 10.1. The molecule has 0 saturated carbocycles. The van der Waals surface area contributed by atoms with E-state index in [-0.39, 0.29) is 6.10 Å². The molecule has 0 unspecified atom stereocenters. The van der Waals surface area contributed by atoms with Gasteiger partial charge >= 0.3 is 0 Å². The number of aromatic nitrogens is 4. The van der Waals surface area contributed by atoms with Crippen LogP contribution >= 0.6 is 0 Å². The molecule has 2 aromatic heterocycles. The van der Waals surface area contributed by atoms with Gasteiger partial charge in [0.15, 0.2) is 5.75 Å². The molecule has 2 aliphatic rings. The van der Waals surface area contributed by atoms with Crippen molar-refractivity contribution in [3.8, 4) is 5.75 Å². The predicted octanol–water partition coefficient (Wildman–Crippen LogP) is 1.11. The molecule has 1 aliphatic heterocycles. The Morgan fingerprint density at radius 3 is 2.88 bits per heavy atom. The SMILES string of the molecule is Cn1cc(O[C@@H]2CN(c3ncnc4c3CCCCC4)C[C@H]2O)cn1. The van der Waals surface area contributed by atoms with Gasteiger partial charge in [-0.15, -0.1) is 0 Å². The van der Waals surface area contributed by atoms with E-state index < -0.39 is 6.10 Å². The van der Waals surface area contributed by atoms with Gasteiger partial charge in [0.1, 0.15) is 24.4 Å². The molecule has 2 aromatic rings. The van der Waals surface area contributed by atoms with E-state index >= 15 is 0 Å². The number of β-amino-alcohol motifs (C(OH)–C–C–N with tert-alkyl or cyclic N) is 1. The highest BCUT2D eigenvalue weighted by atomic mass is 16.5. The monoisotopic (exact) mass is 329 g/mol. The van der Waals surface area contributed by atoms with Crippen LogP contribution in [0.1, 0.15) is 30.5 Å². The maximum Gasteiger partial charge on any atom is 0.157 e. The van der Waals surface area contributed by atoms with Gasteiger partial charge in [0.05, 0.1) is 18.9 Å². The van der Waals surface area contributed by atoms with Crippen molar-refractivity contribution in [2.75, 3.05) is 18.0 Å². The first kappa shape index (κ1) is 15.4. The molecule has 0 radical (unpaired) electrons. The molecule has 4 rings (SSSR count). The molecule has 0 amide bonds. The van der Waals surface area contributed by atoms with Crippen LogP contribution in [-0.4, -0.2) is 50.2 Å². The summed E-state index contributed by atoms with van der Waals surface area (Å²) < 4.78 is 7.60. The number of aliphatic hydroxyl groups excluding tert-OH is 1. The zero-order valence-corrected chi connectivity index (χ0v) is 13.9. The number of rotatable bonds is 3. The van der Waals surface area contributed by atoms with Gasteiger partial charge in [0.25, 0.3) is 0 Å². The standard InChI is InChI=1S/C17H23N5O2/c1-21-8-12(7-20-21)24-16-10-22(9-15(16)23)17-13-5-3-2-4-6-14(13)18-11-19-17/h7-8,11,15-16,23H,2-6,9-10H2,1H3/t15-,16-/m1/s1. The zero-order chi connectivity index (χ0) is 16.5. The lowest BCUT2D eigenvalue weighted by Gasteiger charge is -2.21. The first-order valence-electron chi connectivity index (χ1n) is 8.62. The van der Waals surface area contributed by atoms with Crippen LogP contribution in [0.15, 0.2) is 18.7 Å². The Morgan fingerprint density at radius 1 is 1.17 bits per heavy atom. The second-order valence-corrected chi connectivity index (χ2v) is 6.66. The minimum absolute atomic E-state index is 0.273. The first-order valence-corrected chi connectivity index (χ1v) is 8.62. The van der Waals surface area contributed by atoms with Crippen molar-refractivity contribution >= 4 is 5.82 Å². The number of aliphatic hydroxyl groups is 1. The summed E-state index contributed by atoms with van der Waals surface area (Å²) in [4.78, 5) is 11.1. The summed E-state index contributed by atoms with van der Waals surface area (Å²) in [7, 11) is 1.85. The molecule has 24 heavy (non-hydrogen) atoms. The average molecular weight is 329 g/mol. The topological polar surface area (TPSA) is 76.3 Å². The van der Waals surface area contributed by atoms with Gasteiger partial charge in [-0.3, -0.25) is 4.68 Å². The number of nitrogens with zero attached hydrogens (tertiary/aromatic N) is 5. The molecule has 1 N–H and O–H groups in total. The van der Waals surface area contributed by atoms with Gasteiger partial charge in [-0.25, -0.2) is 9.97 Å². The Balaban J connectivity index is 1.53. The van der Waals surface area contributed by atoms with Gasteiger partial charge in [-0.1, -0.05) is 6.42 Å². The molecule has 1 saturated heterocycles. The fourth-order valence-corrected chi connectivity index (χ4v) is 3.63. The van der Waals surface area contributed by atoms with Crippen LogP contribution in [0.4, 0.5) is 5.82 Å². The normalized spacial score (nSPS) is 23.8. The molecule has 2 atom stereocenters. The third kappa shape index (κ3) is 2.96. The molecule has 7 nitrogen and oxygen atoms in total. The van der Waals surface area contributed by atoms with Crippen LogP contribution in [0.3, 0.4) is 0 Å². The smallest absolute Gasteiger partial charge is 0.157 e. The van der Waals surface area contributed by atoms with Crippen molar-refractivity contribution in [2.24, 2.45) is 7.05 Å². The van der Waals surface area contributed by atoms with Crippen LogP contribution < -0.4 is 9.64 Å². The van der Waals surface area contributed by atoms with E-state index in [9.17, 15) is 5.11 Å². The largest absolute Gasteiger partial charge is 0.482 e. The van der Waals surface area contributed by atoms with Gasteiger partial charge in [0, 0.05) is 24.8 Å². The van der Waals surface area contributed by atoms with E-state index in [1.807, 2.05) is 13.2 Å². The van der Waals surface area contributed by atoms with Gasteiger partial charge in [-0.2, -0.15) is 5.10 Å². The lowest BCUT2D eigenvalue weighted by molar-refractivity contribution is 0.0737. The van der Waals surface area contributed by atoms with Gasteiger partial charge < -0.3 is 14.7 Å². The second-order valence-electron chi connectivity index (χ2n) is 6.66. The van der Waals surface area contributed by atoms with E-state index in [1.165, 1.54) is 30.5 Å².